The van der Waals surface area contributed by atoms with Gasteiger partial charge in [0.05, 0.1) is 0 Å². The van der Waals surface area contributed by atoms with Gasteiger partial charge in [0.25, 0.3) is 0 Å². The quantitative estimate of drug-likeness (QED) is 0.906. The predicted molar refractivity (Wildman–Crippen MR) is 77.5 cm³/mol. The van der Waals surface area contributed by atoms with Gasteiger partial charge in [0.1, 0.15) is 11.5 Å². The van der Waals surface area contributed by atoms with Gasteiger partial charge in [-0.05, 0) is 36.1 Å². The molecule has 0 amide bonds. The van der Waals surface area contributed by atoms with E-state index in [4.69, 9.17) is 10.5 Å². The average Bonchev–Trinajstić information content (AvgIpc) is 2.41. The molecule has 3 nitrogen and oxygen atoms in total. The van der Waals surface area contributed by atoms with Crippen LogP contribution < -0.4 is 10.5 Å². The van der Waals surface area contributed by atoms with E-state index in [9.17, 15) is 0 Å². The molecule has 2 N–H and O–H groups in total. The zero-order valence-electron chi connectivity index (χ0n) is 11.7. The number of benzene rings is 1. The van der Waals surface area contributed by atoms with Crippen LogP contribution in [0.15, 0.2) is 36.7 Å². The van der Waals surface area contributed by atoms with Gasteiger partial charge in [-0.2, -0.15) is 0 Å². The first-order valence-electron chi connectivity index (χ1n) is 6.53. The summed E-state index contributed by atoms with van der Waals surface area (Å²) in [5.41, 5.74) is 9.00. The van der Waals surface area contributed by atoms with Crippen molar-refractivity contribution in [3.8, 4) is 11.5 Å². The Morgan fingerprint density at radius 2 is 2.00 bits per heavy atom. The molecule has 0 saturated heterocycles. The Bertz CT molecular complexity index is 564. The molecule has 0 bridgehead atoms. The fourth-order valence-corrected chi connectivity index (χ4v) is 1.87. The number of hydrogen-bond acceptors (Lipinski definition) is 3. The number of aromatic nitrogens is 1. The number of rotatable bonds is 4. The highest BCUT2D eigenvalue weighted by Crippen LogP contribution is 2.30. The Morgan fingerprint density at radius 3 is 2.68 bits per heavy atom. The molecule has 2 rings (SSSR count). The third-order valence-corrected chi connectivity index (χ3v) is 3.18. The van der Waals surface area contributed by atoms with Crippen molar-refractivity contribution in [2.24, 2.45) is 5.73 Å². The van der Waals surface area contributed by atoms with Crippen molar-refractivity contribution in [3.63, 3.8) is 0 Å². The van der Waals surface area contributed by atoms with Crippen molar-refractivity contribution in [3.05, 3.63) is 53.3 Å². The van der Waals surface area contributed by atoms with Gasteiger partial charge >= 0.3 is 0 Å². The van der Waals surface area contributed by atoms with Crippen molar-refractivity contribution in [2.45, 2.75) is 33.2 Å². The number of ether oxygens (including phenoxy) is 1. The lowest BCUT2D eigenvalue weighted by Gasteiger charge is -2.14. The van der Waals surface area contributed by atoms with Crippen LogP contribution >= 0.6 is 0 Å². The van der Waals surface area contributed by atoms with Crippen LogP contribution in [0, 0.1) is 6.92 Å². The molecule has 1 aromatic heterocycles. The Hall–Kier alpha value is -1.87. The predicted octanol–water partition coefficient (Wildman–Crippen LogP) is 3.76. The second-order valence-electron chi connectivity index (χ2n) is 4.97. The molecule has 0 aliphatic carbocycles. The minimum Gasteiger partial charge on any atom is -0.457 e. The molecular formula is C16H20N2O. The topological polar surface area (TPSA) is 48.1 Å². The maximum absolute atomic E-state index is 6.00. The standard InChI is InChI=1S/C16H20N2O/c1-11(2)13-5-4-12(3)16(8-13)19-15-6-7-18-10-14(15)9-17/h4-8,10-11H,9,17H2,1-3H3. The third kappa shape index (κ3) is 3.12. The first kappa shape index (κ1) is 13.6. The van der Waals surface area contributed by atoms with E-state index in [0.717, 1.165) is 22.6 Å². The lowest BCUT2D eigenvalue weighted by Crippen LogP contribution is -2.01. The second kappa shape index (κ2) is 5.85. The molecule has 0 spiro atoms. The molecule has 0 aliphatic heterocycles. The molecule has 19 heavy (non-hydrogen) atoms. The molecule has 1 aromatic carbocycles. The van der Waals surface area contributed by atoms with E-state index >= 15 is 0 Å². The van der Waals surface area contributed by atoms with E-state index < -0.39 is 0 Å². The Kier molecular flexibility index (Phi) is 4.17. The Balaban J connectivity index is 2.34. The summed E-state index contributed by atoms with van der Waals surface area (Å²) in [5, 5.41) is 0. The van der Waals surface area contributed by atoms with Gasteiger partial charge in [-0.1, -0.05) is 26.0 Å². The smallest absolute Gasteiger partial charge is 0.135 e. The van der Waals surface area contributed by atoms with E-state index in [1.54, 1.807) is 12.4 Å². The average molecular weight is 256 g/mol. The maximum atomic E-state index is 6.00. The minimum atomic E-state index is 0.423. The molecule has 2 aromatic rings. The molecule has 0 saturated carbocycles. The fraction of sp³-hybridized carbons (Fsp3) is 0.312. The number of hydrogen-bond donors (Lipinski definition) is 1. The first-order chi connectivity index (χ1) is 9.11. The van der Waals surface area contributed by atoms with Gasteiger partial charge in [-0.25, -0.2) is 0 Å². The first-order valence-corrected chi connectivity index (χ1v) is 6.53. The molecule has 0 atom stereocenters. The molecule has 0 fully saturated rings. The minimum absolute atomic E-state index is 0.423. The van der Waals surface area contributed by atoms with Gasteiger partial charge in [0, 0.05) is 24.5 Å². The second-order valence-corrected chi connectivity index (χ2v) is 4.97. The van der Waals surface area contributed by atoms with Crippen LogP contribution in [0.2, 0.25) is 0 Å². The highest BCUT2D eigenvalue weighted by molar-refractivity contribution is 5.42. The van der Waals surface area contributed by atoms with Crippen molar-refractivity contribution in [2.75, 3.05) is 0 Å². The van der Waals surface area contributed by atoms with E-state index in [1.165, 1.54) is 5.56 Å². The van der Waals surface area contributed by atoms with Crippen LogP contribution in [0.3, 0.4) is 0 Å². The van der Waals surface area contributed by atoms with Gasteiger partial charge in [-0.15, -0.1) is 0 Å². The van der Waals surface area contributed by atoms with Crippen molar-refractivity contribution >= 4 is 0 Å². The van der Waals surface area contributed by atoms with E-state index in [2.05, 4.69) is 37.0 Å². The number of nitrogens with two attached hydrogens (primary N) is 1. The summed E-state index contributed by atoms with van der Waals surface area (Å²) < 4.78 is 6.00. The highest BCUT2D eigenvalue weighted by atomic mass is 16.5. The fourth-order valence-electron chi connectivity index (χ4n) is 1.87. The largest absolute Gasteiger partial charge is 0.457 e. The van der Waals surface area contributed by atoms with Crippen LogP contribution in [0.25, 0.3) is 0 Å². The van der Waals surface area contributed by atoms with E-state index in [0.29, 0.717) is 12.5 Å². The summed E-state index contributed by atoms with van der Waals surface area (Å²) in [6.45, 7) is 6.81. The summed E-state index contributed by atoms with van der Waals surface area (Å²) in [6, 6.07) is 8.18. The van der Waals surface area contributed by atoms with Crippen LogP contribution in [-0.4, -0.2) is 4.98 Å². The molecule has 0 aliphatic rings. The zero-order chi connectivity index (χ0) is 13.8. The number of pyridine rings is 1. The molecule has 100 valence electrons. The lowest BCUT2D eigenvalue weighted by atomic mass is 10.0. The van der Waals surface area contributed by atoms with E-state index in [-0.39, 0.29) is 0 Å². The summed E-state index contributed by atoms with van der Waals surface area (Å²) in [4.78, 5) is 4.07. The van der Waals surface area contributed by atoms with Crippen LogP contribution in [0.1, 0.15) is 36.5 Å². The summed E-state index contributed by atoms with van der Waals surface area (Å²) >= 11 is 0. The summed E-state index contributed by atoms with van der Waals surface area (Å²) in [5.74, 6) is 2.14. The summed E-state index contributed by atoms with van der Waals surface area (Å²) in [7, 11) is 0. The van der Waals surface area contributed by atoms with Crippen molar-refractivity contribution in [1.82, 2.24) is 4.98 Å². The van der Waals surface area contributed by atoms with Crippen LogP contribution in [0.4, 0.5) is 0 Å². The van der Waals surface area contributed by atoms with Crippen molar-refractivity contribution < 1.29 is 4.74 Å². The monoisotopic (exact) mass is 256 g/mol. The van der Waals surface area contributed by atoms with Gasteiger partial charge < -0.3 is 10.5 Å². The molecule has 0 unspecified atom stereocenters. The van der Waals surface area contributed by atoms with Gasteiger partial charge in [0.15, 0.2) is 0 Å². The normalized spacial score (nSPS) is 10.8. The van der Waals surface area contributed by atoms with Crippen molar-refractivity contribution in [1.29, 1.82) is 0 Å². The number of aryl methyl sites for hydroxylation is 1. The van der Waals surface area contributed by atoms with Crippen LogP contribution in [-0.2, 0) is 6.54 Å². The molecule has 3 heteroatoms. The molecular weight excluding hydrogens is 236 g/mol. The number of nitrogens with zero attached hydrogens (tertiary/aromatic N) is 1. The summed E-state index contributed by atoms with van der Waals surface area (Å²) in [6.07, 6.45) is 3.47. The SMILES string of the molecule is Cc1ccc(C(C)C)cc1Oc1ccncc1CN. The Morgan fingerprint density at radius 1 is 1.21 bits per heavy atom. The third-order valence-electron chi connectivity index (χ3n) is 3.18. The van der Waals surface area contributed by atoms with E-state index in [1.807, 2.05) is 13.0 Å². The lowest BCUT2D eigenvalue weighted by molar-refractivity contribution is 0.470. The van der Waals surface area contributed by atoms with Crippen LogP contribution in [0.5, 0.6) is 11.5 Å². The highest BCUT2D eigenvalue weighted by Gasteiger charge is 2.08. The van der Waals surface area contributed by atoms with Gasteiger partial charge in [0.2, 0.25) is 0 Å². The molecule has 0 radical (unpaired) electrons. The molecule has 1 heterocycles. The maximum Gasteiger partial charge on any atom is 0.135 e. The van der Waals surface area contributed by atoms with Gasteiger partial charge in [-0.3, -0.25) is 4.98 Å². The zero-order valence-corrected chi connectivity index (χ0v) is 11.7. The Labute approximate surface area is 114 Å².